The van der Waals surface area contributed by atoms with Crippen molar-refractivity contribution >= 4 is 66.2 Å². The molecule has 9 heteroatoms. The molecule has 0 aliphatic heterocycles. The monoisotopic (exact) mass is 576 g/mol. The number of aromatic nitrogens is 1. The topological polar surface area (TPSA) is 111 Å². The Hall–Kier alpha value is -3.45. The van der Waals surface area contributed by atoms with Gasteiger partial charge in [0.25, 0.3) is 0 Å². The fourth-order valence-electron chi connectivity index (χ4n) is 3.39. The molecule has 0 aliphatic rings. The van der Waals surface area contributed by atoms with Crippen LogP contribution in [-0.2, 0) is 11.2 Å². The van der Waals surface area contributed by atoms with Crippen LogP contribution in [0.3, 0.4) is 0 Å². The number of carbonyl (C=O) groups is 3. The van der Waals surface area contributed by atoms with Crippen molar-refractivity contribution in [2.24, 2.45) is 0 Å². The number of carboxylic acid groups (broad SMARTS) is 1. The molecule has 2 radical (unpaired) electrons. The van der Waals surface area contributed by atoms with Gasteiger partial charge in [0.2, 0.25) is 0 Å². The molecular formula is C25H15As2FN2O4. The van der Waals surface area contributed by atoms with Gasteiger partial charge in [0.15, 0.2) is 0 Å². The summed E-state index contributed by atoms with van der Waals surface area (Å²) >= 11 is -2.05. The third kappa shape index (κ3) is 5.36. The van der Waals surface area contributed by atoms with Gasteiger partial charge in [-0.2, -0.15) is 0 Å². The SMILES string of the molecule is N#Cc1ccc([As]C(=O)c2cc3cccc([As]C(=O)Cc4cccc(F)c4)c3[nH]2)c(C(=O)O)c1. The first-order chi connectivity index (χ1) is 16.3. The molecule has 3 aromatic carbocycles. The zero-order valence-electron chi connectivity index (χ0n) is 17.4. The number of fused-ring (bicyclic) bond motifs is 1. The van der Waals surface area contributed by atoms with Crippen LogP contribution in [0.5, 0.6) is 0 Å². The maximum atomic E-state index is 13.4. The number of benzene rings is 3. The van der Waals surface area contributed by atoms with E-state index in [0.717, 1.165) is 9.74 Å². The standard InChI is InChI=1S/C25H15As2FN2O4/c28-17-5-1-3-14(9-17)11-22(31)26-20-6-2-4-16-12-21(30-23(16)20)24(32)27-19-8-7-15(13-29)10-18(19)25(33)34/h1-10,12,30H,11H2,(H,33,34). The first kappa shape index (κ1) is 23.7. The van der Waals surface area contributed by atoms with Crippen LogP contribution in [0, 0.1) is 17.1 Å². The zero-order valence-corrected chi connectivity index (χ0v) is 21.2. The summed E-state index contributed by atoms with van der Waals surface area (Å²) in [5, 5.41) is 19.3. The summed E-state index contributed by atoms with van der Waals surface area (Å²) in [7, 11) is 0. The van der Waals surface area contributed by atoms with E-state index in [2.05, 4.69) is 4.98 Å². The Kier molecular flexibility index (Phi) is 7.12. The maximum absolute atomic E-state index is 13.4. The van der Waals surface area contributed by atoms with Crippen LogP contribution < -0.4 is 8.70 Å². The van der Waals surface area contributed by atoms with Gasteiger partial charge in [-0.15, -0.1) is 0 Å². The molecule has 0 unspecified atom stereocenters. The Labute approximate surface area is 207 Å². The van der Waals surface area contributed by atoms with Gasteiger partial charge in [0.05, 0.1) is 0 Å². The average molecular weight is 576 g/mol. The van der Waals surface area contributed by atoms with E-state index < -0.39 is 37.5 Å². The van der Waals surface area contributed by atoms with Crippen molar-refractivity contribution in [3.05, 3.63) is 94.9 Å². The molecule has 0 bridgehead atoms. The predicted molar refractivity (Wildman–Crippen MR) is 127 cm³/mol. The van der Waals surface area contributed by atoms with Gasteiger partial charge in [0, 0.05) is 0 Å². The third-order valence-corrected chi connectivity index (χ3v) is 9.33. The number of hydrogen-bond donors (Lipinski definition) is 2. The van der Waals surface area contributed by atoms with Crippen molar-refractivity contribution < 1.29 is 23.9 Å². The number of aromatic amines is 1. The predicted octanol–water partition coefficient (Wildman–Crippen LogP) is 2.15. The van der Waals surface area contributed by atoms with Crippen LogP contribution in [-0.4, -0.2) is 56.7 Å². The van der Waals surface area contributed by atoms with Crippen molar-refractivity contribution in [3.63, 3.8) is 0 Å². The van der Waals surface area contributed by atoms with Gasteiger partial charge in [-0.1, -0.05) is 0 Å². The fraction of sp³-hybridized carbons (Fsp3) is 0.0400. The van der Waals surface area contributed by atoms with Gasteiger partial charge in [-0.3, -0.25) is 0 Å². The number of nitrogens with one attached hydrogen (secondary N) is 1. The number of H-pyrrole nitrogens is 1. The number of carbonyl (C=O) groups excluding carboxylic acids is 2. The van der Waals surface area contributed by atoms with E-state index in [1.54, 1.807) is 18.2 Å². The number of halogens is 1. The van der Waals surface area contributed by atoms with Gasteiger partial charge >= 0.3 is 208 Å². The fourth-order valence-corrected chi connectivity index (χ4v) is 7.33. The summed E-state index contributed by atoms with van der Waals surface area (Å²) in [6, 6.07) is 19.4. The van der Waals surface area contributed by atoms with Crippen LogP contribution in [0.25, 0.3) is 10.9 Å². The number of nitrogens with zero attached hydrogens (tertiary/aromatic N) is 1. The molecule has 0 atom stereocenters. The first-order valence-corrected chi connectivity index (χ1v) is 13.7. The second-order valence-electron chi connectivity index (χ2n) is 7.30. The number of carboxylic acids is 1. The van der Waals surface area contributed by atoms with Crippen LogP contribution >= 0.6 is 0 Å². The molecule has 2 N–H and O–H groups in total. The Balaban J connectivity index is 1.56. The molecule has 0 fully saturated rings. The number of hydrogen-bond acceptors (Lipinski definition) is 4. The third-order valence-electron chi connectivity index (χ3n) is 4.93. The molecule has 0 saturated heterocycles. The number of rotatable bonds is 8. The van der Waals surface area contributed by atoms with Crippen LogP contribution in [0.4, 0.5) is 4.39 Å². The van der Waals surface area contributed by atoms with E-state index in [4.69, 9.17) is 5.26 Å². The number of para-hydroxylation sites is 1. The quantitative estimate of drug-likeness (QED) is 0.313. The van der Waals surface area contributed by atoms with Crippen molar-refractivity contribution in [1.82, 2.24) is 4.98 Å². The van der Waals surface area contributed by atoms with Gasteiger partial charge in [-0.05, 0) is 0 Å². The van der Waals surface area contributed by atoms with E-state index in [9.17, 15) is 23.9 Å². The summed E-state index contributed by atoms with van der Waals surface area (Å²) in [5.41, 5.74) is 1.85. The molecular weight excluding hydrogens is 561 g/mol. The summed E-state index contributed by atoms with van der Waals surface area (Å²) in [5.74, 6) is -1.57. The Morgan fingerprint density at radius 2 is 1.76 bits per heavy atom. The summed E-state index contributed by atoms with van der Waals surface area (Å²) in [6.07, 6.45) is 0.141. The van der Waals surface area contributed by atoms with Gasteiger partial charge < -0.3 is 0 Å². The van der Waals surface area contributed by atoms with Crippen molar-refractivity contribution in [2.45, 2.75) is 6.42 Å². The molecule has 1 aromatic heterocycles. The summed E-state index contributed by atoms with van der Waals surface area (Å²) in [6.45, 7) is 0. The minimum absolute atomic E-state index is 0.00633. The molecule has 0 amide bonds. The average Bonchev–Trinajstić information content (AvgIpc) is 3.25. The van der Waals surface area contributed by atoms with Crippen molar-refractivity contribution in [3.8, 4) is 6.07 Å². The Bertz CT molecular complexity index is 1490. The van der Waals surface area contributed by atoms with Crippen molar-refractivity contribution in [1.29, 1.82) is 5.26 Å². The van der Waals surface area contributed by atoms with E-state index in [0.29, 0.717) is 21.1 Å². The summed E-state index contributed by atoms with van der Waals surface area (Å²) < 4.78 is 14.4. The Morgan fingerprint density at radius 1 is 0.971 bits per heavy atom. The van der Waals surface area contributed by atoms with Crippen LogP contribution in [0.2, 0.25) is 0 Å². The molecule has 4 aromatic rings. The van der Waals surface area contributed by atoms with Gasteiger partial charge in [0.1, 0.15) is 0 Å². The molecule has 34 heavy (non-hydrogen) atoms. The molecule has 0 spiro atoms. The summed E-state index contributed by atoms with van der Waals surface area (Å²) in [4.78, 5) is 40.3. The van der Waals surface area contributed by atoms with E-state index in [1.165, 1.54) is 30.3 Å². The van der Waals surface area contributed by atoms with Crippen LogP contribution in [0.15, 0.2) is 66.7 Å². The first-order valence-electron chi connectivity index (χ1n) is 9.98. The molecule has 166 valence electrons. The zero-order chi connectivity index (χ0) is 24.2. The van der Waals surface area contributed by atoms with Crippen LogP contribution in [0.1, 0.15) is 32.0 Å². The van der Waals surface area contributed by atoms with E-state index in [1.807, 2.05) is 24.3 Å². The van der Waals surface area contributed by atoms with Crippen molar-refractivity contribution in [2.75, 3.05) is 0 Å². The Morgan fingerprint density at radius 3 is 2.50 bits per heavy atom. The number of nitriles is 1. The second-order valence-corrected chi connectivity index (χ2v) is 12.2. The van der Waals surface area contributed by atoms with Gasteiger partial charge in [-0.25, -0.2) is 0 Å². The van der Waals surface area contributed by atoms with E-state index in [-0.39, 0.29) is 32.5 Å². The number of aromatic carboxylic acids is 1. The normalized spacial score (nSPS) is 11.4. The molecule has 0 aliphatic carbocycles. The van der Waals surface area contributed by atoms with E-state index >= 15 is 0 Å². The molecule has 6 nitrogen and oxygen atoms in total. The minimum atomic E-state index is -1.19. The molecule has 0 saturated carbocycles. The second kappa shape index (κ2) is 10.2. The molecule has 1 heterocycles. The molecule has 4 rings (SSSR count).